The van der Waals surface area contributed by atoms with E-state index in [9.17, 15) is 4.79 Å². The SMILES string of the molecule is NC1(C(=O)c2ccc3ccccc3c2)CCC1. The quantitative estimate of drug-likeness (QED) is 0.798. The Labute approximate surface area is 100 Å². The summed E-state index contributed by atoms with van der Waals surface area (Å²) < 4.78 is 0. The second-order valence-corrected chi connectivity index (χ2v) is 4.90. The Morgan fingerprint density at radius 3 is 2.41 bits per heavy atom. The first-order chi connectivity index (χ1) is 8.19. The van der Waals surface area contributed by atoms with Crippen LogP contribution in [0.4, 0.5) is 0 Å². The molecule has 0 atom stereocenters. The molecule has 1 fully saturated rings. The van der Waals surface area contributed by atoms with Gasteiger partial charge in [0.1, 0.15) is 0 Å². The molecule has 2 aromatic rings. The predicted octanol–water partition coefficient (Wildman–Crippen LogP) is 2.90. The highest BCUT2D eigenvalue weighted by atomic mass is 16.1. The maximum atomic E-state index is 12.3. The third-order valence-corrected chi connectivity index (χ3v) is 3.71. The average Bonchev–Trinajstić information content (AvgIpc) is 2.34. The fourth-order valence-electron chi connectivity index (χ4n) is 2.40. The van der Waals surface area contributed by atoms with Gasteiger partial charge in [-0.15, -0.1) is 0 Å². The molecule has 2 N–H and O–H groups in total. The Kier molecular flexibility index (Phi) is 2.26. The number of benzene rings is 2. The molecule has 17 heavy (non-hydrogen) atoms. The highest BCUT2D eigenvalue weighted by Crippen LogP contribution is 2.32. The van der Waals surface area contributed by atoms with Crippen LogP contribution in [0.15, 0.2) is 42.5 Å². The summed E-state index contributed by atoms with van der Waals surface area (Å²) >= 11 is 0. The lowest BCUT2D eigenvalue weighted by molar-refractivity contribution is 0.0801. The molecule has 0 bridgehead atoms. The lowest BCUT2D eigenvalue weighted by atomic mass is 9.72. The molecule has 3 rings (SSSR count). The van der Waals surface area contributed by atoms with Crippen molar-refractivity contribution in [3.63, 3.8) is 0 Å². The maximum absolute atomic E-state index is 12.3. The molecule has 0 aromatic heterocycles. The van der Waals surface area contributed by atoms with Crippen molar-refractivity contribution in [3.8, 4) is 0 Å². The lowest BCUT2D eigenvalue weighted by Crippen LogP contribution is -2.53. The van der Waals surface area contributed by atoms with Gasteiger partial charge in [-0.05, 0) is 36.1 Å². The second-order valence-electron chi connectivity index (χ2n) is 4.90. The Bertz CT molecular complexity index is 584. The summed E-state index contributed by atoms with van der Waals surface area (Å²) in [6.07, 6.45) is 2.70. The van der Waals surface area contributed by atoms with E-state index in [1.54, 1.807) is 0 Å². The van der Waals surface area contributed by atoms with Crippen molar-refractivity contribution in [3.05, 3.63) is 48.0 Å². The van der Waals surface area contributed by atoms with Gasteiger partial charge in [0.05, 0.1) is 5.54 Å². The van der Waals surface area contributed by atoms with Crippen LogP contribution in [0.2, 0.25) is 0 Å². The number of fused-ring (bicyclic) bond motifs is 1. The number of carbonyl (C=O) groups is 1. The van der Waals surface area contributed by atoms with Gasteiger partial charge in [-0.2, -0.15) is 0 Å². The van der Waals surface area contributed by atoms with Gasteiger partial charge >= 0.3 is 0 Å². The molecular formula is C15H15NO. The molecule has 86 valence electrons. The maximum Gasteiger partial charge on any atom is 0.182 e. The van der Waals surface area contributed by atoms with Crippen LogP contribution in [0.5, 0.6) is 0 Å². The van der Waals surface area contributed by atoms with E-state index in [1.807, 2.05) is 42.5 Å². The number of Topliss-reactive ketones (excluding diaryl/α,β-unsaturated/α-hetero) is 1. The Hall–Kier alpha value is -1.67. The summed E-state index contributed by atoms with van der Waals surface area (Å²) in [5.74, 6) is 0.0921. The van der Waals surface area contributed by atoms with Gasteiger partial charge < -0.3 is 5.73 Å². The zero-order chi connectivity index (χ0) is 11.9. The standard InChI is InChI=1S/C15H15NO/c16-15(8-3-9-15)14(17)13-7-6-11-4-1-2-5-12(11)10-13/h1-2,4-7,10H,3,8-9,16H2. The zero-order valence-electron chi connectivity index (χ0n) is 9.65. The summed E-state index contributed by atoms with van der Waals surface area (Å²) in [4.78, 5) is 12.3. The van der Waals surface area contributed by atoms with E-state index < -0.39 is 5.54 Å². The first-order valence-electron chi connectivity index (χ1n) is 6.02. The van der Waals surface area contributed by atoms with E-state index in [-0.39, 0.29) is 5.78 Å². The molecule has 0 radical (unpaired) electrons. The molecule has 0 spiro atoms. The molecule has 0 amide bonds. The van der Waals surface area contributed by atoms with E-state index in [0.717, 1.165) is 35.6 Å². The van der Waals surface area contributed by atoms with Gasteiger partial charge in [-0.3, -0.25) is 4.79 Å². The van der Waals surface area contributed by atoms with Crippen molar-refractivity contribution < 1.29 is 4.79 Å². The number of nitrogens with two attached hydrogens (primary N) is 1. The second kappa shape index (κ2) is 3.67. The zero-order valence-corrected chi connectivity index (χ0v) is 9.65. The van der Waals surface area contributed by atoms with Crippen LogP contribution in [0.1, 0.15) is 29.6 Å². The van der Waals surface area contributed by atoms with Crippen molar-refractivity contribution >= 4 is 16.6 Å². The Morgan fingerprint density at radius 2 is 1.76 bits per heavy atom. The molecule has 1 aliphatic rings. The van der Waals surface area contributed by atoms with Crippen molar-refractivity contribution in [2.45, 2.75) is 24.8 Å². The molecule has 2 nitrogen and oxygen atoms in total. The Morgan fingerprint density at radius 1 is 1.06 bits per heavy atom. The van der Waals surface area contributed by atoms with Gasteiger partial charge in [-0.1, -0.05) is 36.4 Å². The topological polar surface area (TPSA) is 43.1 Å². The number of hydrogen-bond acceptors (Lipinski definition) is 2. The van der Waals surface area contributed by atoms with Crippen LogP contribution in [0.25, 0.3) is 10.8 Å². The summed E-state index contributed by atoms with van der Waals surface area (Å²) in [6, 6.07) is 13.9. The van der Waals surface area contributed by atoms with Crippen molar-refractivity contribution in [2.24, 2.45) is 5.73 Å². The van der Waals surface area contributed by atoms with Crippen LogP contribution in [0, 0.1) is 0 Å². The van der Waals surface area contributed by atoms with Crippen LogP contribution in [0.3, 0.4) is 0 Å². The normalized spacial score (nSPS) is 17.7. The molecule has 2 aromatic carbocycles. The third kappa shape index (κ3) is 1.65. The lowest BCUT2D eigenvalue weighted by Gasteiger charge is -2.36. The van der Waals surface area contributed by atoms with E-state index >= 15 is 0 Å². The third-order valence-electron chi connectivity index (χ3n) is 3.71. The largest absolute Gasteiger partial charge is 0.319 e. The van der Waals surface area contributed by atoms with Gasteiger partial charge in [0.25, 0.3) is 0 Å². The molecule has 0 heterocycles. The number of hydrogen-bond donors (Lipinski definition) is 1. The fraction of sp³-hybridized carbons (Fsp3) is 0.267. The van der Waals surface area contributed by atoms with E-state index in [4.69, 9.17) is 5.73 Å². The number of rotatable bonds is 2. The van der Waals surface area contributed by atoms with Crippen molar-refractivity contribution in [2.75, 3.05) is 0 Å². The molecule has 0 saturated heterocycles. The minimum atomic E-state index is -0.595. The van der Waals surface area contributed by atoms with Crippen molar-refractivity contribution in [1.82, 2.24) is 0 Å². The fourth-order valence-corrected chi connectivity index (χ4v) is 2.40. The molecule has 1 saturated carbocycles. The van der Waals surface area contributed by atoms with E-state index in [2.05, 4.69) is 0 Å². The minimum Gasteiger partial charge on any atom is -0.319 e. The summed E-state index contributed by atoms with van der Waals surface area (Å²) in [5.41, 5.74) is 6.22. The molecular weight excluding hydrogens is 210 g/mol. The van der Waals surface area contributed by atoms with Crippen LogP contribution < -0.4 is 5.73 Å². The highest BCUT2D eigenvalue weighted by Gasteiger charge is 2.40. The monoisotopic (exact) mass is 225 g/mol. The first-order valence-corrected chi connectivity index (χ1v) is 6.02. The van der Waals surface area contributed by atoms with E-state index in [0.29, 0.717) is 0 Å². The Balaban J connectivity index is 2.03. The number of ketones is 1. The summed E-state index contributed by atoms with van der Waals surface area (Å²) in [5, 5.41) is 2.25. The molecule has 1 aliphatic carbocycles. The smallest absolute Gasteiger partial charge is 0.182 e. The summed E-state index contributed by atoms with van der Waals surface area (Å²) in [6.45, 7) is 0. The highest BCUT2D eigenvalue weighted by molar-refractivity contribution is 6.06. The van der Waals surface area contributed by atoms with Gasteiger partial charge in [0, 0.05) is 5.56 Å². The van der Waals surface area contributed by atoms with Gasteiger partial charge in [0.2, 0.25) is 0 Å². The molecule has 2 heteroatoms. The van der Waals surface area contributed by atoms with Crippen LogP contribution in [-0.4, -0.2) is 11.3 Å². The average molecular weight is 225 g/mol. The predicted molar refractivity (Wildman–Crippen MR) is 69.0 cm³/mol. The molecule has 0 aliphatic heterocycles. The molecule has 0 unspecified atom stereocenters. The summed E-state index contributed by atoms with van der Waals surface area (Å²) in [7, 11) is 0. The van der Waals surface area contributed by atoms with Crippen LogP contribution in [-0.2, 0) is 0 Å². The van der Waals surface area contributed by atoms with Gasteiger partial charge in [-0.25, -0.2) is 0 Å². The minimum absolute atomic E-state index is 0.0921. The van der Waals surface area contributed by atoms with Crippen LogP contribution >= 0.6 is 0 Å². The number of carbonyl (C=O) groups excluding carboxylic acids is 1. The van der Waals surface area contributed by atoms with Crippen molar-refractivity contribution in [1.29, 1.82) is 0 Å². The van der Waals surface area contributed by atoms with E-state index in [1.165, 1.54) is 0 Å². The first kappa shape index (κ1) is 10.5. The van der Waals surface area contributed by atoms with Gasteiger partial charge in [0.15, 0.2) is 5.78 Å².